The Morgan fingerprint density at radius 2 is 2.00 bits per heavy atom. The number of rotatable bonds is 1. The van der Waals surface area contributed by atoms with Crippen LogP contribution in [0.2, 0.25) is 0 Å². The van der Waals surface area contributed by atoms with Crippen molar-refractivity contribution in [2.75, 3.05) is 20.1 Å². The molecule has 82 valence electrons. The Hall–Kier alpha value is -1.59. The van der Waals surface area contributed by atoms with E-state index in [-0.39, 0.29) is 0 Å². The third-order valence-electron chi connectivity index (χ3n) is 3.02. The fourth-order valence-electron chi connectivity index (χ4n) is 2.02. The Labute approximate surface area is 96.8 Å². The van der Waals surface area contributed by atoms with E-state index in [4.69, 9.17) is 5.26 Å². The second-order valence-electron chi connectivity index (χ2n) is 4.28. The van der Waals surface area contributed by atoms with Gasteiger partial charge in [0.25, 0.3) is 0 Å². The maximum absolute atomic E-state index is 8.75. The third-order valence-corrected chi connectivity index (χ3v) is 3.02. The molecule has 1 aliphatic rings. The molecule has 1 aromatic rings. The van der Waals surface area contributed by atoms with E-state index in [9.17, 15) is 0 Å². The van der Waals surface area contributed by atoms with Gasteiger partial charge in [-0.25, -0.2) is 0 Å². The summed E-state index contributed by atoms with van der Waals surface area (Å²) in [5, 5.41) is 8.75. The van der Waals surface area contributed by atoms with Crippen LogP contribution in [0.15, 0.2) is 30.3 Å². The molecule has 16 heavy (non-hydrogen) atoms. The molecule has 0 aliphatic carbocycles. The standard InChI is InChI=1S/C14H16N2/c1-16-9-2-3-13(8-10-16)14-6-4-12(11-15)5-7-14/h4-8H,2-3,9-10H2,1H3. The van der Waals surface area contributed by atoms with E-state index in [1.54, 1.807) is 0 Å². The monoisotopic (exact) mass is 212 g/mol. The molecule has 0 fully saturated rings. The fourth-order valence-corrected chi connectivity index (χ4v) is 2.02. The maximum Gasteiger partial charge on any atom is 0.0991 e. The quantitative estimate of drug-likeness (QED) is 0.715. The van der Waals surface area contributed by atoms with E-state index < -0.39 is 0 Å². The highest BCUT2D eigenvalue weighted by Gasteiger charge is 2.07. The Bertz CT molecular complexity index is 423. The summed E-state index contributed by atoms with van der Waals surface area (Å²) >= 11 is 0. The summed E-state index contributed by atoms with van der Waals surface area (Å²) in [7, 11) is 2.15. The molecule has 0 radical (unpaired) electrons. The molecule has 0 atom stereocenters. The average molecular weight is 212 g/mol. The van der Waals surface area contributed by atoms with Gasteiger partial charge in [0.15, 0.2) is 0 Å². The van der Waals surface area contributed by atoms with Crippen molar-refractivity contribution in [1.82, 2.24) is 4.90 Å². The first-order chi connectivity index (χ1) is 7.79. The molecular formula is C14H16N2. The predicted octanol–water partition coefficient (Wildman–Crippen LogP) is 2.67. The summed E-state index contributed by atoms with van der Waals surface area (Å²) in [5.74, 6) is 0. The number of hydrogen-bond acceptors (Lipinski definition) is 2. The van der Waals surface area contributed by atoms with E-state index in [2.05, 4.69) is 36.2 Å². The van der Waals surface area contributed by atoms with Crippen molar-refractivity contribution in [3.63, 3.8) is 0 Å². The minimum atomic E-state index is 0.732. The molecule has 0 saturated heterocycles. The summed E-state index contributed by atoms with van der Waals surface area (Å²) in [6, 6.07) is 10.0. The summed E-state index contributed by atoms with van der Waals surface area (Å²) in [4.78, 5) is 2.33. The SMILES string of the molecule is CN1CC=C(c2ccc(C#N)cc2)CCC1. The predicted molar refractivity (Wildman–Crippen MR) is 65.9 cm³/mol. The van der Waals surface area contributed by atoms with Gasteiger partial charge in [0.2, 0.25) is 0 Å². The molecule has 1 heterocycles. The lowest BCUT2D eigenvalue weighted by Crippen LogP contribution is -2.17. The number of nitriles is 1. The fraction of sp³-hybridized carbons (Fsp3) is 0.357. The van der Waals surface area contributed by atoms with Crippen LogP contribution in [0.4, 0.5) is 0 Å². The highest BCUT2D eigenvalue weighted by molar-refractivity contribution is 5.66. The van der Waals surface area contributed by atoms with Crippen molar-refractivity contribution in [1.29, 1.82) is 5.26 Å². The van der Waals surface area contributed by atoms with Crippen LogP contribution in [0, 0.1) is 11.3 Å². The van der Waals surface area contributed by atoms with Crippen LogP contribution in [-0.2, 0) is 0 Å². The highest BCUT2D eigenvalue weighted by atomic mass is 15.1. The lowest BCUT2D eigenvalue weighted by atomic mass is 10.0. The molecule has 0 amide bonds. The molecular weight excluding hydrogens is 196 g/mol. The van der Waals surface area contributed by atoms with Crippen LogP contribution in [0.1, 0.15) is 24.0 Å². The lowest BCUT2D eigenvalue weighted by molar-refractivity contribution is 0.372. The second-order valence-corrected chi connectivity index (χ2v) is 4.28. The van der Waals surface area contributed by atoms with E-state index >= 15 is 0 Å². The lowest BCUT2D eigenvalue weighted by Gasteiger charge is -2.09. The molecule has 2 rings (SSSR count). The first-order valence-electron chi connectivity index (χ1n) is 5.68. The Morgan fingerprint density at radius 3 is 2.69 bits per heavy atom. The van der Waals surface area contributed by atoms with Crippen molar-refractivity contribution < 1.29 is 0 Å². The van der Waals surface area contributed by atoms with Gasteiger partial charge in [-0.1, -0.05) is 18.2 Å². The third kappa shape index (κ3) is 2.50. The van der Waals surface area contributed by atoms with Crippen LogP contribution < -0.4 is 0 Å². The first kappa shape index (κ1) is 10.9. The number of allylic oxidation sites excluding steroid dienone is 1. The first-order valence-corrected chi connectivity index (χ1v) is 5.68. The van der Waals surface area contributed by atoms with E-state index in [0.29, 0.717) is 0 Å². The van der Waals surface area contributed by atoms with Crippen LogP contribution >= 0.6 is 0 Å². The zero-order valence-electron chi connectivity index (χ0n) is 9.61. The summed E-state index contributed by atoms with van der Waals surface area (Å²) in [5.41, 5.74) is 3.40. The normalized spacial score (nSPS) is 17.4. The zero-order valence-corrected chi connectivity index (χ0v) is 9.61. The summed E-state index contributed by atoms with van der Waals surface area (Å²) in [6.07, 6.45) is 4.65. The summed E-state index contributed by atoms with van der Waals surface area (Å²) < 4.78 is 0. The summed E-state index contributed by atoms with van der Waals surface area (Å²) in [6.45, 7) is 2.19. The van der Waals surface area contributed by atoms with Gasteiger partial charge in [-0.05, 0) is 49.7 Å². The van der Waals surface area contributed by atoms with Gasteiger partial charge < -0.3 is 4.90 Å². The van der Waals surface area contributed by atoms with E-state index in [1.165, 1.54) is 17.6 Å². The van der Waals surface area contributed by atoms with Crippen molar-refractivity contribution in [3.8, 4) is 6.07 Å². The van der Waals surface area contributed by atoms with Gasteiger partial charge in [-0.3, -0.25) is 0 Å². The number of likely N-dealkylation sites (N-methyl/N-ethyl adjacent to an activating group) is 1. The molecule has 0 aromatic heterocycles. The van der Waals surface area contributed by atoms with Crippen molar-refractivity contribution in [2.24, 2.45) is 0 Å². The topological polar surface area (TPSA) is 27.0 Å². The smallest absolute Gasteiger partial charge is 0.0991 e. The molecule has 0 saturated carbocycles. The van der Waals surface area contributed by atoms with E-state index in [0.717, 1.165) is 25.1 Å². The van der Waals surface area contributed by atoms with Crippen LogP contribution in [-0.4, -0.2) is 25.0 Å². The number of hydrogen-bond donors (Lipinski definition) is 0. The van der Waals surface area contributed by atoms with Gasteiger partial charge in [0, 0.05) is 6.54 Å². The average Bonchev–Trinajstić information content (AvgIpc) is 2.54. The largest absolute Gasteiger partial charge is 0.303 e. The van der Waals surface area contributed by atoms with Gasteiger partial charge in [-0.2, -0.15) is 5.26 Å². The van der Waals surface area contributed by atoms with Gasteiger partial charge in [-0.15, -0.1) is 0 Å². The minimum absolute atomic E-state index is 0.732. The Morgan fingerprint density at radius 1 is 1.25 bits per heavy atom. The number of benzene rings is 1. The van der Waals surface area contributed by atoms with Crippen molar-refractivity contribution in [3.05, 3.63) is 41.5 Å². The van der Waals surface area contributed by atoms with Gasteiger partial charge in [0.05, 0.1) is 11.6 Å². The number of nitrogens with zero attached hydrogens (tertiary/aromatic N) is 2. The Balaban J connectivity index is 2.20. The van der Waals surface area contributed by atoms with Gasteiger partial charge in [0.1, 0.15) is 0 Å². The van der Waals surface area contributed by atoms with Gasteiger partial charge >= 0.3 is 0 Å². The van der Waals surface area contributed by atoms with Crippen LogP contribution in [0.3, 0.4) is 0 Å². The van der Waals surface area contributed by atoms with Crippen LogP contribution in [0.5, 0.6) is 0 Å². The maximum atomic E-state index is 8.75. The Kier molecular flexibility index (Phi) is 3.38. The molecule has 2 nitrogen and oxygen atoms in total. The van der Waals surface area contributed by atoms with Crippen molar-refractivity contribution >= 4 is 5.57 Å². The molecule has 2 heteroatoms. The molecule has 0 bridgehead atoms. The molecule has 1 aliphatic heterocycles. The molecule has 0 N–H and O–H groups in total. The van der Waals surface area contributed by atoms with Crippen LogP contribution in [0.25, 0.3) is 5.57 Å². The highest BCUT2D eigenvalue weighted by Crippen LogP contribution is 2.22. The molecule has 0 unspecified atom stereocenters. The van der Waals surface area contributed by atoms with E-state index in [1.807, 2.05) is 12.1 Å². The molecule has 0 spiro atoms. The second kappa shape index (κ2) is 4.96. The molecule has 1 aromatic carbocycles. The van der Waals surface area contributed by atoms with Crippen molar-refractivity contribution in [2.45, 2.75) is 12.8 Å². The zero-order chi connectivity index (χ0) is 11.4. The minimum Gasteiger partial charge on any atom is -0.303 e.